The Kier molecular flexibility index (Phi) is 7.70. The molecule has 4 rings (SSSR count). The lowest BCUT2D eigenvalue weighted by Crippen LogP contribution is -2.30. The second-order valence-corrected chi connectivity index (χ2v) is 9.81. The molecule has 0 aliphatic carbocycles. The molecule has 7 heteroatoms. The molecule has 4 nitrogen and oxygen atoms in total. The lowest BCUT2D eigenvalue weighted by molar-refractivity contribution is -0.136. The molecule has 186 valence electrons. The van der Waals surface area contributed by atoms with E-state index in [9.17, 15) is 18.0 Å². The maximum atomic E-state index is 13.8. The molecule has 1 aliphatic heterocycles. The number of piperidine rings is 1. The van der Waals surface area contributed by atoms with Gasteiger partial charge in [-0.05, 0) is 76.9 Å². The van der Waals surface area contributed by atoms with E-state index in [-0.39, 0.29) is 10.9 Å². The van der Waals surface area contributed by atoms with Crippen LogP contribution >= 0.6 is 0 Å². The first-order valence-corrected chi connectivity index (χ1v) is 12.7. The average Bonchev–Trinajstić information content (AvgIpc) is 3.05. The quantitative estimate of drug-likeness (QED) is 0.340. The van der Waals surface area contributed by atoms with E-state index in [1.165, 1.54) is 64.6 Å². The zero-order valence-corrected chi connectivity index (χ0v) is 20.4. The number of rotatable bonds is 9. The average molecular weight is 476 g/mol. The summed E-state index contributed by atoms with van der Waals surface area (Å²) in [5.41, 5.74) is 1.28. The molecule has 0 radical (unpaired) electrons. The molecule has 0 amide bonds. The van der Waals surface area contributed by atoms with E-state index in [1.807, 2.05) is 19.9 Å². The van der Waals surface area contributed by atoms with Gasteiger partial charge in [0.2, 0.25) is 5.56 Å². The van der Waals surface area contributed by atoms with Gasteiger partial charge < -0.3 is 14.5 Å². The molecular formula is C27H36F3N3O. The van der Waals surface area contributed by atoms with E-state index >= 15 is 0 Å². The summed E-state index contributed by atoms with van der Waals surface area (Å²) >= 11 is 0. The number of benzene rings is 1. The van der Waals surface area contributed by atoms with Crippen molar-refractivity contribution < 1.29 is 13.2 Å². The molecule has 1 aromatic carbocycles. The summed E-state index contributed by atoms with van der Waals surface area (Å²) in [5, 5.41) is 0.689. The fourth-order valence-corrected chi connectivity index (χ4v) is 5.52. The lowest BCUT2D eigenvalue weighted by Gasteiger charge is -2.26. The number of H-pyrrole nitrogens is 1. The summed E-state index contributed by atoms with van der Waals surface area (Å²) in [6.07, 6.45) is 6.59. The molecule has 1 saturated heterocycles. The summed E-state index contributed by atoms with van der Waals surface area (Å²) < 4.78 is 43.5. The Labute approximate surface area is 199 Å². The van der Waals surface area contributed by atoms with Gasteiger partial charge in [0.1, 0.15) is 0 Å². The van der Waals surface area contributed by atoms with Crippen molar-refractivity contribution >= 4 is 21.8 Å². The number of aryl methyl sites for hydroxylation is 2. The van der Waals surface area contributed by atoms with E-state index in [4.69, 9.17) is 0 Å². The van der Waals surface area contributed by atoms with Crippen LogP contribution in [-0.4, -0.2) is 34.1 Å². The van der Waals surface area contributed by atoms with Crippen molar-refractivity contribution in [3.8, 4) is 0 Å². The highest BCUT2D eigenvalue weighted by atomic mass is 19.4. The minimum absolute atomic E-state index is 0.0951. The van der Waals surface area contributed by atoms with Crippen LogP contribution in [0.1, 0.15) is 74.6 Å². The minimum Gasteiger partial charge on any atom is -0.345 e. The van der Waals surface area contributed by atoms with Crippen molar-refractivity contribution in [1.82, 2.24) is 14.5 Å². The normalized spacial score (nSPS) is 15.6. The number of hydrogen-bond donors (Lipinski definition) is 1. The van der Waals surface area contributed by atoms with Crippen LogP contribution in [0.25, 0.3) is 21.8 Å². The van der Waals surface area contributed by atoms with Crippen LogP contribution in [0.3, 0.4) is 0 Å². The maximum absolute atomic E-state index is 13.8. The Hall–Kier alpha value is -2.28. The molecule has 1 aliphatic rings. The molecule has 2 aromatic heterocycles. The van der Waals surface area contributed by atoms with Gasteiger partial charge in [-0.2, -0.15) is 13.2 Å². The number of unbranched alkanes of at least 4 members (excludes halogenated alkanes) is 5. The van der Waals surface area contributed by atoms with Crippen LogP contribution in [0.15, 0.2) is 23.0 Å². The van der Waals surface area contributed by atoms with Gasteiger partial charge >= 0.3 is 6.18 Å². The van der Waals surface area contributed by atoms with Crippen molar-refractivity contribution in [2.75, 3.05) is 19.6 Å². The van der Waals surface area contributed by atoms with E-state index in [0.29, 0.717) is 11.5 Å². The van der Waals surface area contributed by atoms with Gasteiger partial charge in [-0.1, -0.05) is 32.1 Å². The molecular weight excluding hydrogens is 439 g/mol. The van der Waals surface area contributed by atoms with E-state index in [1.54, 1.807) is 6.07 Å². The number of alkyl halides is 3. The van der Waals surface area contributed by atoms with E-state index in [2.05, 4.69) is 14.5 Å². The van der Waals surface area contributed by atoms with Crippen LogP contribution in [0.5, 0.6) is 0 Å². The van der Waals surface area contributed by atoms with Crippen LogP contribution in [0.2, 0.25) is 0 Å². The van der Waals surface area contributed by atoms with Gasteiger partial charge in [0.05, 0.1) is 5.56 Å². The highest BCUT2D eigenvalue weighted by Crippen LogP contribution is 2.39. The van der Waals surface area contributed by atoms with E-state index < -0.39 is 17.3 Å². The van der Waals surface area contributed by atoms with Crippen molar-refractivity contribution in [3.63, 3.8) is 0 Å². The second kappa shape index (κ2) is 10.5. The number of aromatic nitrogens is 2. The molecule has 1 fully saturated rings. The van der Waals surface area contributed by atoms with Crippen molar-refractivity contribution in [2.45, 2.75) is 84.4 Å². The molecule has 0 unspecified atom stereocenters. The predicted octanol–water partition coefficient (Wildman–Crippen LogP) is 6.94. The van der Waals surface area contributed by atoms with Crippen molar-refractivity contribution in [2.24, 2.45) is 0 Å². The minimum atomic E-state index is -4.59. The Bertz CT molecular complexity index is 1190. The fraction of sp³-hybridized carbons (Fsp3) is 0.593. The van der Waals surface area contributed by atoms with Gasteiger partial charge in [0, 0.05) is 40.1 Å². The number of nitrogens with zero attached hydrogens (tertiary/aromatic N) is 2. The number of fused-ring (bicyclic) bond motifs is 3. The van der Waals surface area contributed by atoms with Gasteiger partial charge in [-0.15, -0.1) is 0 Å². The van der Waals surface area contributed by atoms with Gasteiger partial charge in [0.25, 0.3) is 0 Å². The molecule has 1 N–H and O–H groups in total. The molecule has 0 spiro atoms. The first-order chi connectivity index (χ1) is 16.3. The third kappa shape index (κ3) is 5.35. The summed E-state index contributed by atoms with van der Waals surface area (Å²) in [6, 6.07) is 4.12. The van der Waals surface area contributed by atoms with Crippen LogP contribution in [0, 0.1) is 13.8 Å². The molecule has 3 heterocycles. The number of likely N-dealkylation sites (tertiary alicyclic amines) is 1. The zero-order chi connectivity index (χ0) is 24.3. The first-order valence-electron chi connectivity index (χ1n) is 12.7. The third-order valence-electron chi connectivity index (χ3n) is 7.46. The molecule has 0 atom stereocenters. The highest BCUT2D eigenvalue weighted by molar-refractivity contribution is 6.09. The van der Waals surface area contributed by atoms with Crippen molar-refractivity contribution in [3.05, 3.63) is 45.4 Å². The number of pyridine rings is 1. The smallest absolute Gasteiger partial charge is 0.345 e. The predicted molar refractivity (Wildman–Crippen MR) is 133 cm³/mol. The number of halogens is 3. The molecule has 0 bridgehead atoms. The SMILES string of the molecule is Cc1c(C)n(CCCCCCCCN2CCCCC2)c2ccc3[nH]c(=O)cc(C(F)(F)F)c3c12. The standard InChI is InChI=1S/C27H36F3N3O/c1-19-20(2)33(17-11-6-4-3-5-8-14-32-15-9-7-10-16-32)23-13-12-22-26(25(19)23)21(27(28,29)30)18-24(34)31-22/h12-13,18H,3-11,14-17H2,1-2H3,(H,31,34). The fourth-order valence-electron chi connectivity index (χ4n) is 5.52. The molecule has 34 heavy (non-hydrogen) atoms. The Morgan fingerprint density at radius 1 is 0.882 bits per heavy atom. The number of hydrogen-bond acceptors (Lipinski definition) is 2. The molecule has 3 aromatic rings. The zero-order valence-electron chi connectivity index (χ0n) is 20.4. The largest absolute Gasteiger partial charge is 0.417 e. The second-order valence-electron chi connectivity index (χ2n) is 9.81. The summed E-state index contributed by atoms with van der Waals surface area (Å²) in [7, 11) is 0. The monoisotopic (exact) mass is 475 g/mol. The van der Waals surface area contributed by atoms with Gasteiger partial charge in [0.15, 0.2) is 0 Å². The maximum Gasteiger partial charge on any atom is 0.417 e. The Morgan fingerprint density at radius 2 is 1.53 bits per heavy atom. The van der Waals surface area contributed by atoms with Gasteiger partial charge in [-0.3, -0.25) is 4.79 Å². The van der Waals surface area contributed by atoms with Crippen LogP contribution < -0.4 is 5.56 Å². The topological polar surface area (TPSA) is 41.0 Å². The summed E-state index contributed by atoms with van der Waals surface area (Å²) in [5.74, 6) is 0. The Morgan fingerprint density at radius 3 is 2.21 bits per heavy atom. The lowest BCUT2D eigenvalue weighted by atomic mass is 10.0. The van der Waals surface area contributed by atoms with Crippen LogP contribution in [-0.2, 0) is 12.7 Å². The highest BCUT2D eigenvalue weighted by Gasteiger charge is 2.34. The van der Waals surface area contributed by atoms with Crippen LogP contribution in [0.4, 0.5) is 13.2 Å². The Balaban J connectivity index is 1.41. The third-order valence-corrected chi connectivity index (χ3v) is 7.46. The molecule has 0 saturated carbocycles. The van der Waals surface area contributed by atoms with Crippen molar-refractivity contribution in [1.29, 1.82) is 0 Å². The van der Waals surface area contributed by atoms with E-state index in [0.717, 1.165) is 36.2 Å². The first kappa shape index (κ1) is 24.8. The summed E-state index contributed by atoms with van der Waals surface area (Å²) in [4.78, 5) is 17.0. The summed E-state index contributed by atoms with van der Waals surface area (Å²) in [6.45, 7) is 8.40. The number of nitrogens with one attached hydrogen (secondary N) is 1. The number of aromatic amines is 1. The van der Waals surface area contributed by atoms with Gasteiger partial charge in [-0.25, -0.2) is 0 Å².